The van der Waals surface area contributed by atoms with Crippen LogP contribution in [0, 0.1) is 72.0 Å². The summed E-state index contributed by atoms with van der Waals surface area (Å²) in [5.41, 5.74) is 4.88. The number of H-pyrrole nitrogens is 2. The molecule has 28 heteroatoms. The number of hydrogen-bond donors (Lipinski definition) is 2. The number of diazo groups is 2. The fourth-order valence-corrected chi connectivity index (χ4v) is 18.0. The average Bonchev–Trinajstić information content (AvgIpc) is 1.56. The lowest BCUT2D eigenvalue weighted by Crippen LogP contribution is -2.07. The highest BCUT2D eigenvalue weighted by Gasteiger charge is 2.39. The highest BCUT2D eigenvalue weighted by atomic mass is 35.5. The van der Waals surface area contributed by atoms with Crippen molar-refractivity contribution in [3.8, 4) is 91.5 Å². The number of rotatable bonds is 38. The van der Waals surface area contributed by atoms with E-state index in [1.54, 1.807) is 12.1 Å². The van der Waals surface area contributed by atoms with E-state index in [0.717, 1.165) is 20.9 Å². The number of aromatic amines is 2. The Kier molecular flexibility index (Phi) is 30.8. The molecule has 0 amide bonds. The number of nitrogens with zero attached hydrogens (tertiary/aromatic N) is 10. The summed E-state index contributed by atoms with van der Waals surface area (Å²) >= 11 is 37.8. The van der Waals surface area contributed by atoms with Gasteiger partial charge in [-0.2, -0.15) is 0 Å². The molecule has 2 aliphatic rings. The molecule has 618 valence electrons. The Morgan fingerprint density at radius 3 is 0.862 bits per heavy atom. The van der Waals surface area contributed by atoms with Crippen LogP contribution in [0.15, 0.2) is 65.8 Å². The maximum Gasteiger partial charge on any atom is 0.387 e. The van der Waals surface area contributed by atoms with Gasteiger partial charge in [-0.05, 0) is 149 Å². The lowest BCUT2D eigenvalue weighted by atomic mass is 10.0. The molecule has 0 atom stereocenters. The van der Waals surface area contributed by atoms with Crippen LogP contribution in [-0.4, -0.2) is 105 Å². The van der Waals surface area contributed by atoms with E-state index >= 15 is 0 Å². The molecular formula is C88H108Cl4N12O8S4+2. The van der Waals surface area contributed by atoms with Gasteiger partial charge in [0.15, 0.2) is 56.2 Å². The summed E-state index contributed by atoms with van der Waals surface area (Å²) in [6, 6.07) is 11.1. The SMILES string of the molecule is CSc1c(Cl)c(OCCC(C)C)c2c(c1OCCC(C)C)-c1nc-2nc2[nH]c(nc3nc(nc4[nH]c(n1)c1c(OCCC(C)C)c(Cl)c(SC)c(OCCC(C)C)c41)-c1c(OCCC(C)C)c(Cl)c(Sc4ccc([N+]#N)c(C)c4)c(OCCC(C)C)c1-3)c1c(OCCC(C)C)c(Cl)c(Sc3ccc([N+]#N)c(C)c3)c(OCCC(C)C)c21. The van der Waals surface area contributed by atoms with Crippen molar-refractivity contribution < 1.29 is 37.9 Å². The van der Waals surface area contributed by atoms with Crippen molar-refractivity contribution in [3.63, 3.8) is 0 Å². The largest absolute Gasteiger partial charge is 0.492 e. The number of benzene rings is 6. The number of ether oxygens (including phenoxy) is 8. The molecule has 0 fully saturated rings. The van der Waals surface area contributed by atoms with Crippen LogP contribution in [0.3, 0.4) is 0 Å². The van der Waals surface area contributed by atoms with E-state index in [2.05, 4.69) is 131 Å². The average molecular weight is 1730 g/mol. The summed E-state index contributed by atoms with van der Waals surface area (Å²) in [6.07, 6.45) is 9.29. The number of nitrogens with one attached hydrogen (secondary N) is 2. The molecule has 3 aromatic heterocycles. The molecule has 20 nitrogen and oxygen atoms in total. The standard InChI is InChI=1S/C88H107Cl4N12O8S4/c1-43(2)25-33-105-69-57-61(73(77(113-19)65(69)89)109-37-29-47(9)10)86-96-81(57)95-85-62-58(70(106-34-26-44(3)4)66(90)78(114-20)74(62)110-38-30-48(11)12)82(97-85)99-87-64-60(72(108-36-28-46(7)8)68(92)80(76(64)112-40-32-50(15)16)116-54-22-24-56(104-94)52(18)42-54)84(101-87)102-88-63-59(83(98-86)100-88)71(107-35-27-45(5)6)67(91)79(75(63)111-39-31-49(13)14)115-53-21-23-55(103-93)51(17)41-53/h21-24,41-50,93H,25-40H2,1-20H3/q+1/p+1. The Labute approximate surface area is 719 Å². The van der Waals surface area contributed by atoms with Crippen molar-refractivity contribution in [2.24, 2.45) is 47.3 Å². The molecule has 0 saturated heterocycles. The van der Waals surface area contributed by atoms with Crippen LogP contribution in [0.5, 0.6) is 46.0 Å². The molecule has 0 aliphatic carbocycles. The van der Waals surface area contributed by atoms with Gasteiger partial charge in [-0.15, -0.1) is 23.5 Å². The summed E-state index contributed by atoms with van der Waals surface area (Å²) < 4.78 is 57.7. The molecular weight excluding hydrogens is 1620 g/mol. The Bertz CT molecular complexity index is 5390. The van der Waals surface area contributed by atoms with Gasteiger partial charge in [-0.1, -0.05) is 181 Å². The first-order valence-electron chi connectivity index (χ1n) is 40.2. The van der Waals surface area contributed by atoms with Crippen LogP contribution >= 0.6 is 93.5 Å². The van der Waals surface area contributed by atoms with E-state index < -0.39 is 0 Å². The second-order valence-electron chi connectivity index (χ2n) is 32.8. The van der Waals surface area contributed by atoms with E-state index in [-0.39, 0.29) is 148 Å². The van der Waals surface area contributed by atoms with Gasteiger partial charge in [0, 0.05) is 33.1 Å². The number of halogens is 4. The molecule has 8 bridgehead atoms. The van der Waals surface area contributed by atoms with Gasteiger partial charge in [0.05, 0.1) is 116 Å². The maximum atomic E-state index is 10.1. The molecule has 0 radical (unpaired) electrons. The Hall–Kier alpha value is -7.52. The van der Waals surface area contributed by atoms with Gasteiger partial charge in [0.25, 0.3) is 0 Å². The van der Waals surface area contributed by atoms with E-state index in [0.29, 0.717) is 190 Å². The molecule has 6 aromatic carbocycles. The fourth-order valence-electron chi connectivity index (χ4n) is 13.0. The molecule has 0 spiro atoms. The first-order valence-corrected chi connectivity index (χ1v) is 45.8. The molecule has 0 saturated carbocycles. The summed E-state index contributed by atoms with van der Waals surface area (Å²) in [4.78, 5) is 53.2. The van der Waals surface area contributed by atoms with Crippen molar-refractivity contribution in [1.29, 1.82) is 10.8 Å². The van der Waals surface area contributed by atoms with E-state index in [9.17, 15) is 10.8 Å². The van der Waals surface area contributed by atoms with Gasteiger partial charge in [-0.25, -0.2) is 29.9 Å². The molecule has 116 heavy (non-hydrogen) atoms. The van der Waals surface area contributed by atoms with Gasteiger partial charge < -0.3 is 47.9 Å². The zero-order chi connectivity index (χ0) is 83.7. The summed E-state index contributed by atoms with van der Waals surface area (Å²) in [5.74, 6) is 5.30. The van der Waals surface area contributed by atoms with Gasteiger partial charge in [0.1, 0.15) is 65.7 Å². The Morgan fingerprint density at radius 1 is 0.328 bits per heavy atom. The third-order valence-electron chi connectivity index (χ3n) is 19.8. The molecule has 2 N–H and O–H groups in total. The van der Waals surface area contributed by atoms with Crippen LogP contribution in [0.4, 0.5) is 11.4 Å². The molecule has 9 aromatic rings. The fraction of sp³-hybridized carbons (Fsp3) is 0.500. The van der Waals surface area contributed by atoms with Crippen LogP contribution in [0.25, 0.3) is 99.6 Å². The highest BCUT2D eigenvalue weighted by Crippen LogP contribution is 2.61. The zero-order valence-corrected chi connectivity index (χ0v) is 76.6. The molecule has 5 heterocycles. The number of hydrogen-bond acceptors (Lipinski definition) is 20. The maximum absolute atomic E-state index is 10.1. The summed E-state index contributed by atoms with van der Waals surface area (Å²) in [6.45, 7) is 40.3. The summed E-state index contributed by atoms with van der Waals surface area (Å²) in [5, 5.41) is 23.1. The van der Waals surface area contributed by atoms with Crippen molar-refractivity contribution >= 4 is 149 Å². The lowest BCUT2D eigenvalue weighted by Gasteiger charge is -2.21. The third-order valence-corrected chi connectivity index (χ3v) is 25.4. The third kappa shape index (κ3) is 20.1. The first kappa shape index (κ1) is 89.3. The zero-order valence-electron chi connectivity index (χ0n) is 70.3. The second kappa shape index (κ2) is 40.0. The quantitative estimate of drug-likeness (QED) is 0.0270. The highest BCUT2D eigenvalue weighted by molar-refractivity contribution is 8.00. The second-order valence-corrected chi connectivity index (χ2v) is 38.1. The normalized spacial score (nSPS) is 12.1. The van der Waals surface area contributed by atoms with Crippen molar-refractivity contribution in [2.75, 3.05) is 65.4 Å². The van der Waals surface area contributed by atoms with Crippen LogP contribution < -0.4 is 37.9 Å². The predicted molar refractivity (Wildman–Crippen MR) is 479 cm³/mol. The van der Waals surface area contributed by atoms with Gasteiger partial charge >= 0.3 is 11.4 Å². The lowest BCUT2D eigenvalue weighted by molar-refractivity contribution is 0.278. The van der Waals surface area contributed by atoms with Crippen LogP contribution in [0.1, 0.15) is 173 Å². The van der Waals surface area contributed by atoms with Gasteiger partial charge in [0.2, 0.25) is 10.8 Å². The molecule has 0 unspecified atom stereocenters. The molecule has 2 aliphatic heterocycles. The first-order chi connectivity index (χ1) is 55.5. The number of fused-ring (bicyclic) bond motifs is 20. The topological polar surface area (TPSA) is 239 Å². The minimum Gasteiger partial charge on any atom is -0.492 e. The monoisotopic (exact) mass is 1730 g/mol. The minimum atomic E-state index is 0.132. The van der Waals surface area contributed by atoms with E-state index in [4.69, 9.17) is 114 Å². The van der Waals surface area contributed by atoms with Gasteiger partial charge in [-0.3, -0.25) is 0 Å². The number of thioether (sulfide) groups is 2. The molecule has 11 rings (SSSR count). The summed E-state index contributed by atoms with van der Waals surface area (Å²) in [7, 11) is 0. The Morgan fingerprint density at radius 2 is 0.560 bits per heavy atom. The number of aryl methyl sites for hydroxylation is 2. The van der Waals surface area contributed by atoms with Crippen LogP contribution in [-0.2, 0) is 0 Å². The van der Waals surface area contributed by atoms with Crippen LogP contribution in [0.2, 0.25) is 20.1 Å². The van der Waals surface area contributed by atoms with E-state index in [1.807, 2.05) is 50.6 Å². The van der Waals surface area contributed by atoms with Crippen molar-refractivity contribution in [1.82, 2.24) is 39.9 Å². The number of aromatic nitrogens is 8. The Balaban J connectivity index is 1.48. The minimum absolute atomic E-state index is 0.132. The van der Waals surface area contributed by atoms with E-state index in [1.165, 1.54) is 47.0 Å². The van der Waals surface area contributed by atoms with Crippen molar-refractivity contribution in [2.45, 2.75) is 205 Å². The smallest absolute Gasteiger partial charge is 0.387 e. The van der Waals surface area contributed by atoms with Crippen molar-refractivity contribution in [3.05, 3.63) is 77.6 Å². The predicted octanol–water partition coefficient (Wildman–Crippen LogP) is 28.2.